The van der Waals surface area contributed by atoms with Crippen LogP contribution in [0.4, 0.5) is 0 Å². The molecule has 0 spiro atoms. The number of hydrogen-bond acceptors (Lipinski definition) is 4. The standard InChI is InChI=1S/C15H19BrN2O3.ClH/c16-12-3-1-11(2-4-12)14-10-18(6-8-21-14)15(19)13-9-17-5-7-20-13;/h1-4,13-14,17H,5-10H2;1H. The smallest absolute Gasteiger partial charge is 0.253 e. The second kappa shape index (κ2) is 8.26. The largest absolute Gasteiger partial charge is 0.370 e. The fraction of sp³-hybridized carbons (Fsp3) is 0.533. The third-order valence-electron chi connectivity index (χ3n) is 3.82. The van der Waals surface area contributed by atoms with Gasteiger partial charge in [0.05, 0.1) is 19.8 Å². The van der Waals surface area contributed by atoms with Crippen molar-refractivity contribution in [2.45, 2.75) is 12.2 Å². The number of morpholine rings is 2. The number of carbonyl (C=O) groups excluding carboxylic acids is 1. The molecular formula is C15H20BrClN2O3. The highest BCUT2D eigenvalue weighted by atomic mass is 79.9. The number of nitrogens with one attached hydrogen (secondary N) is 1. The highest BCUT2D eigenvalue weighted by molar-refractivity contribution is 9.10. The molecule has 0 aromatic heterocycles. The van der Waals surface area contributed by atoms with Crippen molar-refractivity contribution in [1.29, 1.82) is 0 Å². The van der Waals surface area contributed by atoms with Gasteiger partial charge in [-0.15, -0.1) is 12.4 Å². The number of rotatable bonds is 2. The van der Waals surface area contributed by atoms with Crippen LogP contribution in [0.1, 0.15) is 11.7 Å². The van der Waals surface area contributed by atoms with Crippen molar-refractivity contribution < 1.29 is 14.3 Å². The molecule has 0 aliphatic carbocycles. The Bertz CT molecular complexity index is 494. The Kier molecular flexibility index (Phi) is 6.65. The number of halogens is 2. The van der Waals surface area contributed by atoms with E-state index in [1.54, 1.807) is 0 Å². The van der Waals surface area contributed by atoms with Crippen molar-refractivity contribution in [3.05, 3.63) is 34.3 Å². The van der Waals surface area contributed by atoms with Crippen molar-refractivity contribution in [2.75, 3.05) is 39.4 Å². The lowest BCUT2D eigenvalue weighted by molar-refractivity contribution is -0.152. The van der Waals surface area contributed by atoms with Gasteiger partial charge >= 0.3 is 0 Å². The van der Waals surface area contributed by atoms with Gasteiger partial charge in [-0.2, -0.15) is 0 Å². The summed E-state index contributed by atoms with van der Waals surface area (Å²) in [6.45, 7) is 3.78. The van der Waals surface area contributed by atoms with E-state index in [0.717, 1.165) is 16.6 Å². The molecule has 1 aromatic rings. The molecular weight excluding hydrogens is 372 g/mol. The average molecular weight is 392 g/mol. The van der Waals surface area contributed by atoms with E-state index < -0.39 is 0 Å². The van der Waals surface area contributed by atoms with Gasteiger partial charge in [-0.05, 0) is 17.7 Å². The fourth-order valence-corrected chi connectivity index (χ4v) is 2.92. The minimum Gasteiger partial charge on any atom is -0.370 e. The minimum absolute atomic E-state index is 0. The molecule has 2 atom stereocenters. The summed E-state index contributed by atoms with van der Waals surface area (Å²) >= 11 is 3.43. The first-order valence-corrected chi connectivity index (χ1v) is 8.01. The Hall–Kier alpha value is -0.660. The average Bonchev–Trinajstić information content (AvgIpc) is 2.56. The van der Waals surface area contributed by atoms with E-state index in [1.165, 1.54) is 0 Å². The fourth-order valence-electron chi connectivity index (χ4n) is 2.66. The van der Waals surface area contributed by atoms with Crippen molar-refractivity contribution in [3.63, 3.8) is 0 Å². The highest BCUT2D eigenvalue weighted by Crippen LogP contribution is 2.24. The van der Waals surface area contributed by atoms with Gasteiger partial charge in [-0.3, -0.25) is 4.79 Å². The number of carbonyl (C=O) groups is 1. The first kappa shape index (κ1) is 17.7. The zero-order valence-electron chi connectivity index (χ0n) is 12.2. The molecule has 0 saturated carbocycles. The molecule has 0 radical (unpaired) electrons. The molecule has 5 nitrogen and oxygen atoms in total. The van der Waals surface area contributed by atoms with E-state index in [0.29, 0.717) is 32.8 Å². The molecule has 0 bridgehead atoms. The van der Waals surface area contributed by atoms with Crippen LogP contribution in [0.3, 0.4) is 0 Å². The summed E-state index contributed by atoms with van der Waals surface area (Å²) in [4.78, 5) is 14.3. The first-order chi connectivity index (χ1) is 10.2. The van der Waals surface area contributed by atoms with E-state index >= 15 is 0 Å². The zero-order valence-corrected chi connectivity index (χ0v) is 14.6. The van der Waals surface area contributed by atoms with Crippen LogP contribution < -0.4 is 5.32 Å². The molecule has 1 N–H and O–H groups in total. The molecule has 1 aromatic carbocycles. The normalized spacial score (nSPS) is 25.4. The molecule has 2 heterocycles. The van der Waals surface area contributed by atoms with Crippen LogP contribution in [-0.4, -0.2) is 56.3 Å². The van der Waals surface area contributed by atoms with Crippen LogP contribution in [0.25, 0.3) is 0 Å². The molecule has 2 unspecified atom stereocenters. The van der Waals surface area contributed by atoms with Gasteiger partial charge in [0.1, 0.15) is 12.2 Å². The molecule has 1 amide bonds. The van der Waals surface area contributed by atoms with Gasteiger partial charge in [-0.25, -0.2) is 0 Å². The predicted molar refractivity (Wildman–Crippen MR) is 89.3 cm³/mol. The third-order valence-corrected chi connectivity index (χ3v) is 4.35. The Balaban J connectivity index is 0.00000176. The second-order valence-electron chi connectivity index (χ2n) is 5.26. The molecule has 22 heavy (non-hydrogen) atoms. The van der Waals surface area contributed by atoms with Gasteiger partial charge in [-0.1, -0.05) is 28.1 Å². The molecule has 2 aliphatic heterocycles. The second-order valence-corrected chi connectivity index (χ2v) is 6.17. The lowest BCUT2D eigenvalue weighted by Gasteiger charge is -2.36. The van der Waals surface area contributed by atoms with Gasteiger partial charge in [0.2, 0.25) is 0 Å². The van der Waals surface area contributed by atoms with Gasteiger partial charge < -0.3 is 19.7 Å². The summed E-state index contributed by atoms with van der Waals surface area (Å²) < 4.78 is 12.4. The molecule has 2 saturated heterocycles. The topological polar surface area (TPSA) is 50.8 Å². The number of nitrogens with zero attached hydrogens (tertiary/aromatic N) is 1. The lowest BCUT2D eigenvalue weighted by Crippen LogP contribution is -2.52. The van der Waals surface area contributed by atoms with Crippen LogP contribution in [0, 0.1) is 0 Å². The van der Waals surface area contributed by atoms with Crippen molar-refractivity contribution >= 4 is 34.2 Å². The van der Waals surface area contributed by atoms with Crippen LogP contribution in [0.5, 0.6) is 0 Å². The monoisotopic (exact) mass is 390 g/mol. The Morgan fingerprint density at radius 2 is 2.00 bits per heavy atom. The summed E-state index contributed by atoms with van der Waals surface area (Å²) in [5.74, 6) is 0.0626. The molecule has 2 fully saturated rings. The maximum atomic E-state index is 12.5. The van der Waals surface area contributed by atoms with Crippen LogP contribution in [0.15, 0.2) is 28.7 Å². The van der Waals surface area contributed by atoms with E-state index in [-0.39, 0.29) is 30.5 Å². The summed E-state index contributed by atoms with van der Waals surface area (Å²) in [6, 6.07) is 8.05. The lowest BCUT2D eigenvalue weighted by atomic mass is 10.1. The Morgan fingerprint density at radius 3 is 2.68 bits per heavy atom. The predicted octanol–water partition coefficient (Wildman–Crippen LogP) is 1.76. The number of amides is 1. The van der Waals surface area contributed by atoms with Crippen LogP contribution >= 0.6 is 28.3 Å². The van der Waals surface area contributed by atoms with Crippen molar-refractivity contribution in [2.24, 2.45) is 0 Å². The number of hydrogen-bond donors (Lipinski definition) is 1. The summed E-state index contributed by atoms with van der Waals surface area (Å²) in [5, 5.41) is 3.19. The SMILES string of the molecule is Cl.O=C(C1CNCCO1)N1CCOC(c2ccc(Br)cc2)C1. The van der Waals surface area contributed by atoms with Crippen LogP contribution in [0.2, 0.25) is 0 Å². The Labute approximate surface area is 144 Å². The molecule has 7 heteroatoms. The van der Waals surface area contributed by atoms with E-state index in [1.807, 2.05) is 29.2 Å². The third kappa shape index (κ3) is 4.20. The molecule has 3 rings (SSSR count). The summed E-state index contributed by atoms with van der Waals surface area (Å²) in [7, 11) is 0. The van der Waals surface area contributed by atoms with Crippen molar-refractivity contribution in [1.82, 2.24) is 10.2 Å². The maximum Gasteiger partial charge on any atom is 0.253 e. The van der Waals surface area contributed by atoms with E-state index in [4.69, 9.17) is 9.47 Å². The van der Waals surface area contributed by atoms with Gasteiger partial charge in [0.25, 0.3) is 5.91 Å². The van der Waals surface area contributed by atoms with Gasteiger partial charge in [0, 0.05) is 24.1 Å². The molecule has 122 valence electrons. The minimum atomic E-state index is -0.359. The van der Waals surface area contributed by atoms with E-state index in [2.05, 4.69) is 21.2 Å². The summed E-state index contributed by atoms with van der Waals surface area (Å²) in [6.07, 6.45) is -0.422. The zero-order chi connectivity index (χ0) is 14.7. The van der Waals surface area contributed by atoms with E-state index in [9.17, 15) is 4.79 Å². The summed E-state index contributed by atoms with van der Waals surface area (Å²) in [5.41, 5.74) is 1.10. The first-order valence-electron chi connectivity index (χ1n) is 7.22. The van der Waals surface area contributed by atoms with Crippen molar-refractivity contribution in [3.8, 4) is 0 Å². The van der Waals surface area contributed by atoms with Crippen LogP contribution in [-0.2, 0) is 14.3 Å². The quantitative estimate of drug-likeness (QED) is 0.835. The Morgan fingerprint density at radius 1 is 1.23 bits per heavy atom. The highest BCUT2D eigenvalue weighted by Gasteiger charge is 2.31. The maximum absolute atomic E-state index is 12.5. The molecule has 2 aliphatic rings. The number of ether oxygens (including phenoxy) is 2. The van der Waals surface area contributed by atoms with Gasteiger partial charge in [0.15, 0.2) is 0 Å². The number of benzene rings is 1.